The lowest BCUT2D eigenvalue weighted by molar-refractivity contribution is 0.158. The highest BCUT2D eigenvalue weighted by Crippen LogP contribution is 2.25. The minimum Gasteiger partial charge on any atom is -0.397 e. The summed E-state index contributed by atoms with van der Waals surface area (Å²) in [5, 5.41) is 3.22. The molecule has 0 aliphatic carbocycles. The lowest BCUT2D eigenvalue weighted by atomic mass is 10.1. The van der Waals surface area contributed by atoms with Crippen LogP contribution in [0, 0.1) is 0 Å². The normalized spacial score (nSPS) is 12.4. The molecule has 19 heavy (non-hydrogen) atoms. The lowest BCUT2D eigenvalue weighted by Gasteiger charge is -2.27. The second-order valence-corrected chi connectivity index (χ2v) is 6.79. The van der Waals surface area contributed by atoms with Gasteiger partial charge in [-0.25, -0.2) is 13.1 Å². The number of methoxy groups -OCH3 is 1. The molecular weight excluding hydrogens is 266 g/mol. The molecule has 0 bridgehead atoms. The Morgan fingerprint density at radius 3 is 2.47 bits per heavy atom. The molecule has 1 rings (SSSR count). The Balaban J connectivity index is 3.02. The molecular formula is C12H21N3O3S. The molecule has 0 heterocycles. The van der Waals surface area contributed by atoms with Crippen LogP contribution in [0.3, 0.4) is 0 Å². The third-order valence-electron chi connectivity index (χ3n) is 2.58. The Morgan fingerprint density at radius 1 is 1.37 bits per heavy atom. The Labute approximate surface area is 114 Å². The third-order valence-corrected chi connectivity index (χ3v) is 3.99. The summed E-state index contributed by atoms with van der Waals surface area (Å²) in [6.45, 7) is 4.44. The van der Waals surface area contributed by atoms with E-state index in [0.717, 1.165) is 0 Å². The van der Waals surface area contributed by atoms with Gasteiger partial charge < -0.3 is 15.8 Å². The summed E-state index contributed by atoms with van der Waals surface area (Å²) < 4.78 is 30.6. The molecule has 108 valence electrons. The molecule has 0 unspecified atom stereocenters. The first-order valence-corrected chi connectivity index (χ1v) is 7.30. The predicted octanol–water partition coefficient (Wildman–Crippen LogP) is 1.01. The Bertz CT molecular complexity index is 541. The number of sulfonamides is 1. The Morgan fingerprint density at radius 2 is 2.00 bits per heavy atom. The van der Waals surface area contributed by atoms with E-state index in [1.54, 1.807) is 13.2 Å². The van der Waals surface area contributed by atoms with E-state index < -0.39 is 10.0 Å². The second kappa shape index (κ2) is 5.77. The van der Waals surface area contributed by atoms with Crippen molar-refractivity contribution in [3.8, 4) is 0 Å². The summed E-state index contributed by atoms with van der Waals surface area (Å²) in [5.74, 6) is 0. The van der Waals surface area contributed by atoms with Crippen molar-refractivity contribution < 1.29 is 13.2 Å². The molecule has 0 saturated carbocycles. The van der Waals surface area contributed by atoms with Crippen LogP contribution in [0.5, 0.6) is 0 Å². The van der Waals surface area contributed by atoms with Crippen LogP contribution in [-0.2, 0) is 14.8 Å². The standard InChI is InChI=1S/C12H21N3O3S/c1-12(2,8-18-4)15-11-6-5-9(7-10(11)13)19(16,17)14-3/h5-7,14-15H,8,13H2,1-4H3. The highest BCUT2D eigenvalue weighted by atomic mass is 32.2. The summed E-state index contributed by atoms with van der Waals surface area (Å²) in [7, 11) is -0.493. The maximum atomic E-state index is 11.6. The minimum absolute atomic E-state index is 0.141. The zero-order valence-electron chi connectivity index (χ0n) is 11.6. The van der Waals surface area contributed by atoms with Crippen molar-refractivity contribution >= 4 is 21.4 Å². The van der Waals surface area contributed by atoms with Gasteiger partial charge in [-0.2, -0.15) is 0 Å². The molecule has 1 aromatic rings. The van der Waals surface area contributed by atoms with Crippen molar-refractivity contribution in [2.24, 2.45) is 0 Å². The topological polar surface area (TPSA) is 93.5 Å². The van der Waals surface area contributed by atoms with Crippen LogP contribution in [0.1, 0.15) is 13.8 Å². The average molecular weight is 287 g/mol. The summed E-state index contributed by atoms with van der Waals surface area (Å²) in [6.07, 6.45) is 0. The average Bonchev–Trinajstić information content (AvgIpc) is 2.31. The number of anilines is 2. The van der Waals surface area contributed by atoms with E-state index in [1.807, 2.05) is 13.8 Å². The lowest BCUT2D eigenvalue weighted by Crippen LogP contribution is -2.36. The smallest absolute Gasteiger partial charge is 0.240 e. The fourth-order valence-corrected chi connectivity index (χ4v) is 2.47. The summed E-state index contributed by atoms with van der Waals surface area (Å²) in [6, 6.07) is 4.58. The molecule has 0 aliphatic rings. The molecule has 0 aliphatic heterocycles. The van der Waals surface area contributed by atoms with E-state index in [0.29, 0.717) is 18.0 Å². The van der Waals surface area contributed by atoms with E-state index in [2.05, 4.69) is 10.0 Å². The van der Waals surface area contributed by atoms with Crippen molar-refractivity contribution in [2.45, 2.75) is 24.3 Å². The molecule has 1 aromatic carbocycles. The van der Waals surface area contributed by atoms with Crippen LogP contribution in [0.2, 0.25) is 0 Å². The van der Waals surface area contributed by atoms with Gasteiger partial charge in [0, 0.05) is 7.11 Å². The van der Waals surface area contributed by atoms with E-state index in [4.69, 9.17) is 10.5 Å². The second-order valence-electron chi connectivity index (χ2n) is 4.90. The molecule has 0 radical (unpaired) electrons. The summed E-state index contributed by atoms with van der Waals surface area (Å²) in [5.41, 5.74) is 6.63. The molecule has 4 N–H and O–H groups in total. The molecule has 0 saturated heterocycles. The number of nitrogen functional groups attached to an aromatic ring is 1. The Hall–Kier alpha value is -1.31. The van der Waals surface area contributed by atoms with Gasteiger partial charge in [0.1, 0.15) is 0 Å². The van der Waals surface area contributed by atoms with Crippen LogP contribution in [0.15, 0.2) is 23.1 Å². The number of nitrogens with one attached hydrogen (secondary N) is 2. The first-order valence-electron chi connectivity index (χ1n) is 5.82. The van der Waals surface area contributed by atoms with Crippen LogP contribution >= 0.6 is 0 Å². The van der Waals surface area contributed by atoms with Gasteiger partial charge in [-0.15, -0.1) is 0 Å². The van der Waals surface area contributed by atoms with Crippen LogP contribution < -0.4 is 15.8 Å². The first kappa shape index (κ1) is 15.7. The monoisotopic (exact) mass is 287 g/mol. The van der Waals surface area contributed by atoms with E-state index in [9.17, 15) is 8.42 Å². The number of rotatable bonds is 6. The van der Waals surface area contributed by atoms with Gasteiger partial charge in [-0.05, 0) is 39.1 Å². The molecule has 6 nitrogen and oxygen atoms in total. The fraction of sp³-hybridized carbons (Fsp3) is 0.500. The summed E-state index contributed by atoms with van der Waals surface area (Å²) >= 11 is 0. The van der Waals surface area contributed by atoms with Crippen molar-refractivity contribution in [3.05, 3.63) is 18.2 Å². The molecule has 0 amide bonds. The maximum absolute atomic E-state index is 11.6. The van der Waals surface area contributed by atoms with E-state index >= 15 is 0 Å². The van der Waals surface area contributed by atoms with Crippen molar-refractivity contribution in [3.63, 3.8) is 0 Å². The van der Waals surface area contributed by atoms with Gasteiger partial charge in [0.25, 0.3) is 0 Å². The molecule has 0 atom stereocenters. The maximum Gasteiger partial charge on any atom is 0.240 e. The predicted molar refractivity (Wildman–Crippen MR) is 76.7 cm³/mol. The van der Waals surface area contributed by atoms with Crippen molar-refractivity contribution in [1.82, 2.24) is 4.72 Å². The molecule has 0 aromatic heterocycles. The minimum atomic E-state index is -3.47. The quantitative estimate of drug-likeness (QED) is 0.679. The van der Waals surface area contributed by atoms with Crippen LogP contribution in [0.4, 0.5) is 11.4 Å². The SMILES string of the molecule is CNS(=O)(=O)c1ccc(NC(C)(C)COC)c(N)c1. The van der Waals surface area contributed by atoms with Crippen LogP contribution in [-0.4, -0.2) is 34.7 Å². The molecule has 0 spiro atoms. The number of hydrogen-bond donors (Lipinski definition) is 3. The summed E-state index contributed by atoms with van der Waals surface area (Å²) in [4.78, 5) is 0.141. The zero-order valence-corrected chi connectivity index (χ0v) is 12.5. The number of nitrogens with two attached hydrogens (primary N) is 1. The van der Waals surface area contributed by atoms with E-state index in [-0.39, 0.29) is 10.4 Å². The van der Waals surface area contributed by atoms with Gasteiger partial charge in [-0.1, -0.05) is 0 Å². The van der Waals surface area contributed by atoms with Gasteiger partial charge in [0.05, 0.1) is 28.4 Å². The van der Waals surface area contributed by atoms with Crippen molar-refractivity contribution in [2.75, 3.05) is 31.8 Å². The largest absolute Gasteiger partial charge is 0.397 e. The molecule has 7 heteroatoms. The van der Waals surface area contributed by atoms with Crippen LogP contribution in [0.25, 0.3) is 0 Å². The zero-order chi connectivity index (χ0) is 14.7. The number of hydrogen-bond acceptors (Lipinski definition) is 5. The highest BCUT2D eigenvalue weighted by molar-refractivity contribution is 7.89. The number of benzene rings is 1. The number of ether oxygens (including phenoxy) is 1. The van der Waals surface area contributed by atoms with Gasteiger partial charge in [-0.3, -0.25) is 0 Å². The third kappa shape index (κ3) is 4.09. The first-order chi connectivity index (χ1) is 8.72. The van der Waals surface area contributed by atoms with E-state index in [1.165, 1.54) is 19.2 Å². The van der Waals surface area contributed by atoms with Gasteiger partial charge in [0.15, 0.2) is 0 Å². The van der Waals surface area contributed by atoms with Gasteiger partial charge >= 0.3 is 0 Å². The highest BCUT2D eigenvalue weighted by Gasteiger charge is 2.19. The Kier molecular flexibility index (Phi) is 4.78. The van der Waals surface area contributed by atoms with Crippen molar-refractivity contribution in [1.29, 1.82) is 0 Å². The molecule has 0 fully saturated rings. The van der Waals surface area contributed by atoms with Gasteiger partial charge in [0.2, 0.25) is 10.0 Å². The fourth-order valence-electron chi connectivity index (χ4n) is 1.70.